The van der Waals surface area contributed by atoms with Crippen LogP contribution >= 0.6 is 0 Å². The molecule has 4 nitrogen and oxygen atoms in total. The zero-order valence-corrected chi connectivity index (χ0v) is 11.8. The molecular weight excluding hydrogens is 252 g/mol. The molecule has 1 aromatic carbocycles. The summed E-state index contributed by atoms with van der Waals surface area (Å²) in [6.07, 6.45) is 1.97. The maximum atomic E-state index is 12.2. The Balaban J connectivity index is 2.02. The predicted molar refractivity (Wildman–Crippen MR) is 78.0 cm³/mol. The third-order valence-electron chi connectivity index (χ3n) is 3.83. The number of hydrogen-bond acceptors (Lipinski definition) is 3. The van der Waals surface area contributed by atoms with E-state index in [0.29, 0.717) is 5.92 Å². The summed E-state index contributed by atoms with van der Waals surface area (Å²) in [6.45, 7) is 2.96. The fourth-order valence-electron chi connectivity index (χ4n) is 2.63. The Morgan fingerprint density at radius 1 is 1.30 bits per heavy atom. The van der Waals surface area contributed by atoms with Crippen LogP contribution in [0.5, 0.6) is 5.75 Å². The average Bonchev–Trinajstić information content (AvgIpc) is 2.48. The largest absolute Gasteiger partial charge is 0.497 e. The minimum Gasteiger partial charge on any atom is -0.497 e. The lowest BCUT2D eigenvalue weighted by Crippen LogP contribution is -2.31. The van der Waals surface area contributed by atoms with Crippen molar-refractivity contribution >= 4 is 0 Å². The Kier molecular flexibility index (Phi) is 3.30. The number of nitrogens with zero attached hydrogens (tertiary/aromatic N) is 2. The second-order valence-electron chi connectivity index (χ2n) is 5.38. The lowest BCUT2D eigenvalue weighted by atomic mass is 10.0. The SMILES string of the molecule is COc1ccc(-c2cc(=O)n3c(n2)CC[C@@H](C)C3)cc1. The van der Waals surface area contributed by atoms with Gasteiger partial charge >= 0.3 is 0 Å². The molecule has 0 saturated heterocycles. The van der Waals surface area contributed by atoms with Crippen molar-refractivity contribution in [3.8, 4) is 17.0 Å². The first kappa shape index (κ1) is 12.9. The molecular formula is C16H18N2O2. The van der Waals surface area contributed by atoms with Crippen LogP contribution in [0.1, 0.15) is 19.2 Å². The number of aromatic nitrogens is 2. The van der Waals surface area contributed by atoms with E-state index < -0.39 is 0 Å². The maximum absolute atomic E-state index is 12.2. The Morgan fingerprint density at radius 2 is 2.05 bits per heavy atom. The molecule has 0 spiro atoms. The average molecular weight is 270 g/mol. The third-order valence-corrected chi connectivity index (χ3v) is 3.83. The Bertz CT molecular complexity index is 674. The first-order valence-electron chi connectivity index (χ1n) is 6.92. The maximum Gasteiger partial charge on any atom is 0.254 e. The smallest absolute Gasteiger partial charge is 0.254 e. The van der Waals surface area contributed by atoms with Gasteiger partial charge in [0.15, 0.2) is 0 Å². The van der Waals surface area contributed by atoms with Crippen molar-refractivity contribution in [2.75, 3.05) is 7.11 Å². The fraction of sp³-hybridized carbons (Fsp3) is 0.375. The summed E-state index contributed by atoms with van der Waals surface area (Å²) in [5.74, 6) is 2.26. The van der Waals surface area contributed by atoms with Crippen LogP contribution < -0.4 is 10.3 Å². The highest BCUT2D eigenvalue weighted by atomic mass is 16.5. The van der Waals surface area contributed by atoms with Gasteiger partial charge in [0.2, 0.25) is 0 Å². The van der Waals surface area contributed by atoms with Crippen LogP contribution in [0.25, 0.3) is 11.3 Å². The zero-order valence-electron chi connectivity index (χ0n) is 11.8. The summed E-state index contributed by atoms with van der Waals surface area (Å²) in [7, 11) is 1.64. The van der Waals surface area contributed by atoms with E-state index in [9.17, 15) is 4.79 Å². The van der Waals surface area contributed by atoms with Gasteiger partial charge in [-0.2, -0.15) is 0 Å². The molecule has 20 heavy (non-hydrogen) atoms. The molecule has 104 valence electrons. The van der Waals surface area contributed by atoms with Gasteiger partial charge in [-0.3, -0.25) is 9.36 Å². The highest BCUT2D eigenvalue weighted by Crippen LogP contribution is 2.22. The first-order chi connectivity index (χ1) is 9.67. The topological polar surface area (TPSA) is 44.1 Å². The summed E-state index contributed by atoms with van der Waals surface area (Å²) in [5.41, 5.74) is 1.75. The van der Waals surface area contributed by atoms with Crippen molar-refractivity contribution in [2.45, 2.75) is 26.3 Å². The predicted octanol–water partition coefficient (Wildman–Crippen LogP) is 2.50. The molecule has 0 bridgehead atoms. The summed E-state index contributed by atoms with van der Waals surface area (Å²) >= 11 is 0. The second kappa shape index (κ2) is 5.12. The number of rotatable bonds is 2. The number of hydrogen-bond donors (Lipinski definition) is 0. The van der Waals surface area contributed by atoms with Gasteiger partial charge in [-0.05, 0) is 36.6 Å². The number of ether oxygens (including phenoxy) is 1. The highest BCUT2D eigenvalue weighted by Gasteiger charge is 2.18. The second-order valence-corrected chi connectivity index (χ2v) is 5.38. The van der Waals surface area contributed by atoms with Crippen molar-refractivity contribution in [1.29, 1.82) is 0 Å². The number of aryl methyl sites for hydroxylation is 1. The van der Waals surface area contributed by atoms with E-state index in [2.05, 4.69) is 11.9 Å². The van der Waals surface area contributed by atoms with Crippen LogP contribution in [0.3, 0.4) is 0 Å². The summed E-state index contributed by atoms with van der Waals surface area (Å²) in [6, 6.07) is 9.27. The van der Waals surface area contributed by atoms with Gasteiger partial charge < -0.3 is 4.74 Å². The molecule has 2 aromatic rings. The van der Waals surface area contributed by atoms with Gasteiger partial charge in [0.1, 0.15) is 11.6 Å². The van der Waals surface area contributed by atoms with Crippen molar-refractivity contribution in [3.05, 3.63) is 46.5 Å². The third kappa shape index (κ3) is 2.33. The van der Waals surface area contributed by atoms with Crippen molar-refractivity contribution in [2.24, 2.45) is 5.92 Å². The normalized spacial score (nSPS) is 17.6. The van der Waals surface area contributed by atoms with Crippen LogP contribution in [0, 0.1) is 5.92 Å². The molecule has 0 radical (unpaired) electrons. The summed E-state index contributed by atoms with van der Waals surface area (Å²) in [5, 5.41) is 0. The molecule has 0 saturated carbocycles. The van der Waals surface area contributed by atoms with Crippen LogP contribution in [0.4, 0.5) is 0 Å². The molecule has 1 aromatic heterocycles. The van der Waals surface area contributed by atoms with E-state index in [1.54, 1.807) is 17.7 Å². The standard InChI is InChI=1S/C16H18N2O2/c1-11-3-8-15-17-14(9-16(19)18(15)10-11)12-4-6-13(20-2)7-5-12/h4-7,9,11H,3,8,10H2,1-2H3/t11-/m1/s1. The van der Waals surface area contributed by atoms with Gasteiger partial charge in [0.05, 0.1) is 12.8 Å². The first-order valence-corrected chi connectivity index (χ1v) is 6.92. The van der Waals surface area contributed by atoms with E-state index in [1.807, 2.05) is 24.3 Å². The van der Waals surface area contributed by atoms with E-state index >= 15 is 0 Å². The number of benzene rings is 1. The van der Waals surface area contributed by atoms with Crippen LogP contribution in [0.15, 0.2) is 35.1 Å². The molecule has 1 aliphatic rings. The molecule has 0 unspecified atom stereocenters. The van der Waals surface area contributed by atoms with Crippen molar-refractivity contribution in [1.82, 2.24) is 9.55 Å². The van der Waals surface area contributed by atoms with Crippen molar-refractivity contribution in [3.63, 3.8) is 0 Å². The van der Waals surface area contributed by atoms with Crippen LogP contribution in [0.2, 0.25) is 0 Å². The molecule has 0 aliphatic carbocycles. The van der Waals surface area contributed by atoms with Gasteiger partial charge in [-0.1, -0.05) is 6.92 Å². The Hall–Kier alpha value is -2.10. The van der Waals surface area contributed by atoms with Gasteiger partial charge in [-0.15, -0.1) is 0 Å². The Labute approximate surface area is 118 Å². The minimum absolute atomic E-state index is 0.0485. The minimum atomic E-state index is 0.0485. The molecule has 1 aliphatic heterocycles. The van der Waals surface area contributed by atoms with Crippen LogP contribution in [-0.4, -0.2) is 16.7 Å². The highest BCUT2D eigenvalue weighted by molar-refractivity contribution is 5.59. The zero-order chi connectivity index (χ0) is 14.1. The van der Waals surface area contributed by atoms with E-state index in [4.69, 9.17) is 4.74 Å². The summed E-state index contributed by atoms with van der Waals surface area (Å²) < 4.78 is 6.95. The lowest BCUT2D eigenvalue weighted by molar-refractivity contribution is 0.379. The molecule has 4 heteroatoms. The van der Waals surface area contributed by atoms with Gasteiger partial charge in [0.25, 0.3) is 5.56 Å². The summed E-state index contributed by atoms with van der Waals surface area (Å²) in [4.78, 5) is 16.9. The Morgan fingerprint density at radius 3 is 2.75 bits per heavy atom. The molecule has 3 rings (SSSR count). The quantitative estimate of drug-likeness (QED) is 0.842. The molecule has 0 N–H and O–H groups in total. The monoisotopic (exact) mass is 270 g/mol. The molecule has 2 heterocycles. The van der Waals surface area contributed by atoms with E-state index in [0.717, 1.165) is 42.2 Å². The number of methoxy groups -OCH3 is 1. The van der Waals surface area contributed by atoms with Gasteiger partial charge in [-0.25, -0.2) is 4.98 Å². The molecule has 0 fully saturated rings. The molecule has 0 amide bonds. The molecule has 1 atom stereocenters. The van der Waals surface area contributed by atoms with E-state index in [1.165, 1.54) is 0 Å². The number of fused-ring (bicyclic) bond motifs is 1. The lowest BCUT2D eigenvalue weighted by Gasteiger charge is -2.22. The van der Waals surface area contributed by atoms with E-state index in [-0.39, 0.29) is 5.56 Å². The van der Waals surface area contributed by atoms with Crippen LogP contribution in [-0.2, 0) is 13.0 Å². The van der Waals surface area contributed by atoms with Crippen molar-refractivity contribution < 1.29 is 4.74 Å². The van der Waals surface area contributed by atoms with Gasteiger partial charge in [0, 0.05) is 24.6 Å². The fourth-order valence-corrected chi connectivity index (χ4v) is 2.63.